The van der Waals surface area contributed by atoms with E-state index in [1.54, 1.807) is 7.11 Å². The molecular weight excluding hydrogens is 327 g/mol. The normalized spacial score (nSPS) is 12.5. The minimum atomic E-state index is 0.502. The molecule has 0 aliphatic rings. The van der Waals surface area contributed by atoms with E-state index in [0.717, 1.165) is 25.3 Å². The Bertz CT molecular complexity index is 357. The van der Waals surface area contributed by atoms with Crippen LogP contribution in [0.4, 0.5) is 11.4 Å². The van der Waals surface area contributed by atoms with Gasteiger partial charge in [-0.15, -0.1) is 0 Å². The molecule has 0 heterocycles. The highest BCUT2D eigenvalue weighted by Crippen LogP contribution is 2.26. The van der Waals surface area contributed by atoms with E-state index < -0.39 is 0 Å². The molecule has 0 spiro atoms. The first-order chi connectivity index (χ1) is 8.10. The Morgan fingerprint density at radius 1 is 1.47 bits per heavy atom. The fraction of sp³-hybridized carbons (Fsp3) is 0.538. The van der Waals surface area contributed by atoms with E-state index in [1.165, 1.54) is 9.26 Å². The summed E-state index contributed by atoms with van der Waals surface area (Å²) < 4.78 is 6.38. The smallest absolute Gasteiger partial charge is 0.0637 e. The molecule has 0 aliphatic heterocycles. The lowest BCUT2D eigenvalue weighted by atomic mass is 10.2. The van der Waals surface area contributed by atoms with Crippen molar-refractivity contribution in [1.29, 1.82) is 0 Å². The molecule has 0 aromatic heterocycles. The van der Waals surface area contributed by atoms with Crippen LogP contribution in [-0.2, 0) is 4.74 Å². The number of halogens is 1. The Morgan fingerprint density at radius 2 is 2.18 bits per heavy atom. The summed E-state index contributed by atoms with van der Waals surface area (Å²) in [5.74, 6) is 0. The van der Waals surface area contributed by atoms with Crippen molar-refractivity contribution in [2.24, 2.45) is 0 Å². The van der Waals surface area contributed by atoms with Gasteiger partial charge in [-0.1, -0.05) is 6.92 Å². The molecule has 0 aliphatic carbocycles. The van der Waals surface area contributed by atoms with E-state index >= 15 is 0 Å². The second-order valence-corrected chi connectivity index (χ2v) is 5.32. The van der Waals surface area contributed by atoms with E-state index in [-0.39, 0.29) is 0 Å². The minimum absolute atomic E-state index is 0.502. The summed E-state index contributed by atoms with van der Waals surface area (Å²) in [6.45, 7) is 6.09. The molecule has 3 nitrogen and oxygen atoms in total. The first kappa shape index (κ1) is 14.6. The molecule has 4 heteroatoms. The van der Waals surface area contributed by atoms with Crippen LogP contribution in [0.25, 0.3) is 0 Å². The Balaban J connectivity index is 2.95. The van der Waals surface area contributed by atoms with E-state index in [4.69, 9.17) is 10.5 Å². The van der Waals surface area contributed by atoms with Crippen LogP contribution in [0.5, 0.6) is 0 Å². The lowest BCUT2D eigenvalue weighted by molar-refractivity contribution is 0.203. The van der Waals surface area contributed by atoms with Crippen LogP contribution in [-0.4, -0.2) is 26.3 Å². The van der Waals surface area contributed by atoms with Crippen LogP contribution in [0.2, 0.25) is 0 Å². The van der Waals surface area contributed by atoms with Gasteiger partial charge in [-0.05, 0) is 54.1 Å². The van der Waals surface area contributed by atoms with Crippen LogP contribution in [0.15, 0.2) is 18.2 Å². The summed E-state index contributed by atoms with van der Waals surface area (Å²) in [4.78, 5) is 2.38. The molecule has 0 saturated carbocycles. The first-order valence-electron chi connectivity index (χ1n) is 5.90. The molecule has 1 rings (SSSR count). The van der Waals surface area contributed by atoms with Crippen molar-refractivity contribution >= 4 is 34.0 Å². The van der Waals surface area contributed by atoms with Gasteiger partial charge >= 0.3 is 0 Å². The van der Waals surface area contributed by atoms with Crippen molar-refractivity contribution in [2.75, 3.05) is 30.9 Å². The highest BCUT2D eigenvalue weighted by atomic mass is 127. The third-order valence-corrected chi connectivity index (χ3v) is 3.80. The van der Waals surface area contributed by atoms with Crippen LogP contribution < -0.4 is 10.6 Å². The maximum atomic E-state index is 5.79. The number of rotatable bonds is 6. The summed E-state index contributed by atoms with van der Waals surface area (Å²) >= 11 is 2.34. The first-order valence-corrected chi connectivity index (χ1v) is 6.98. The van der Waals surface area contributed by atoms with E-state index in [1.807, 2.05) is 12.1 Å². The van der Waals surface area contributed by atoms with Gasteiger partial charge in [0.25, 0.3) is 0 Å². The topological polar surface area (TPSA) is 38.5 Å². The molecule has 0 saturated heterocycles. The number of nitrogens with zero attached hydrogens (tertiary/aromatic N) is 1. The van der Waals surface area contributed by atoms with Crippen molar-refractivity contribution in [3.8, 4) is 0 Å². The number of anilines is 2. The summed E-state index contributed by atoms with van der Waals surface area (Å²) in [6, 6.07) is 6.57. The van der Waals surface area contributed by atoms with E-state index in [9.17, 15) is 0 Å². The largest absolute Gasteiger partial charge is 0.399 e. The van der Waals surface area contributed by atoms with Crippen molar-refractivity contribution in [1.82, 2.24) is 0 Å². The van der Waals surface area contributed by atoms with Crippen molar-refractivity contribution in [3.63, 3.8) is 0 Å². The Hall–Kier alpha value is -0.490. The van der Waals surface area contributed by atoms with Gasteiger partial charge in [0.2, 0.25) is 0 Å². The zero-order chi connectivity index (χ0) is 12.8. The zero-order valence-corrected chi connectivity index (χ0v) is 12.9. The number of nitrogen functional groups attached to an aromatic ring is 1. The molecule has 96 valence electrons. The van der Waals surface area contributed by atoms with Gasteiger partial charge in [0, 0.05) is 29.0 Å². The van der Waals surface area contributed by atoms with Crippen molar-refractivity contribution in [2.45, 2.75) is 26.3 Å². The number of benzene rings is 1. The molecule has 0 fully saturated rings. The highest BCUT2D eigenvalue weighted by molar-refractivity contribution is 14.1. The zero-order valence-electron chi connectivity index (χ0n) is 10.7. The van der Waals surface area contributed by atoms with E-state index in [2.05, 4.69) is 47.4 Å². The molecule has 1 aromatic rings. The van der Waals surface area contributed by atoms with Gasteiger partial charge < -0.3 is 15.4 Å². The van der Waals surface area contributed by atoms with Gasteiger partial charge in [0.15, 0.2) is 0 Å². The maximum absolute atomic E-state index is 5.79. The van der Waals surface area contributed by atoms with Crippen LogP contribution in [0, 0.1) is 3.57 Å². The number of hydrogen-bond donors (Lipinski definition) is 1. The van der Waals surface area contributed by atoms with Crippen LogP contribution >= 0.6 is 22.6 Å². The standard InChI is InChI=1S/C13H21IN2O/c1-4-10(2)16(7-8-17-3)13-6-5-11(15)9-12(13)14/h5-6,9-10H,4,7-8,15H2,1-3H3. The SMILES string of the molecule is CCC(C)N(CCOC)c1ccc(N)cc1I. The molecule has 2 N–H and O–H groups in total. The van der Waals surface area contributed by atoms with Crippen LogP contribution in [0.3, 0.4) is 0 Å². The minimum Gasteiger partial charge on any atom is -0.399 e. The fourth-order valence-corrected chi connectivity index (χ4v) is 2.59. The molecule has 1 atom stereocenters. The molecule has 0 bridgehead atoms. The van der Waals surface area contributed by atoms with Gasteiger partial charge in [-0.3, -0.25) is 0 Å². The molecular formula is C13H21IN2O. The fourth-order valence-electron chi connectivity index (χ4n) is 1.74. The number of nitrogens with two attached hydrogens (primary N) is 1. The van der Waals surface area contributed by atoms with Crippen molar-refractivity contribution < 1.29 is 4.74 Å². The van der Waals surface area contributed by atoms with Gasteiger partial charge in [0.1, 0.15) is 0 Å². The Kier molecular flexibility index (Phi) is 6.05. The predicted molar refractivity (Wildman–Crippen MR) is 82.5 cm³/mol. The molecule has 1 unspecified atom stereocenters. The molecule has 0 radical (unpaired) electrons. The number of hydrogen-bond acceptors (Lipinski definition) is 3. The number of methoxy groups -OCH3 is 1. The van der Waals surface area contributed by atoms with Gasteiger partial charge in [0.05, 0.1) is 12.3 Å². The summed E-state index contributed by atoms with van der Waals surface area (Å²) in [6.07, 6.45) is 1.12. The summed E-state index contributed by atoms with van der Waals surface area (Å²) in [7, 11) is 1.74. The average molecular weight is 348 g/mol. The van der Waals surface area contributed by atoms with Gasteiger partial charge in [-0.2, -0.15) is 0 Å². The summed E-state index contributed by atoms with van der Waals surface area (Å²) in [5.41, 5.74) is 7.84. The van der Waals surface area contributed by atoms with Crippen molar-refractivity contribution in [3.05, 3.63) is 21.8 Å². The second kappa shape index (κ2) is 7.06. The highest BCUT2D eigenvalue weighted by Gasteiger charge is 2.15. The average Bonchev–Trinajstić information content (AvgIpc) is 2.31. The monoisotopic (exact) mass is 348 g/mol. The molecule has 0 amide bonds. The second-order valence-electron chi connectivity index (χ2n) is 4.15. The summed E-state index contributed by atoms with van der Waals surface area (Å²) in [5, 5.41) is 0. The Labute approximate surface area is 117 Å². The quantitative estimate of drug-likeness (QED) is 0.634. The van der Waals surface area contributed by atoms with Crippen LogP contribution in [0.1, 0.15) is 20.3 Å². The third kappa shape index (κ3) is 4.03. The third-order valence-electron chi connectivity index (χ3n) is 2.94. The lowest BCUT2D eigenvalue weighted by Crippen LogP contribution is -2.36. The Morgan fingerprint density at radius 3 is 2.71 bits per heavy atom. The molecule has 1 aromatic carbocycles. The number of ether oxygens (including phenoxy) is 1. The van der Waals surface area contributed by atoms with Gasteiger partial charge in [-0.25, -0.2) is 0 Å². The maximum Gasteiger partial charge on any atom is 0.0637 e. The predicted octanol–water partition coefficient (Wildman–Crippen LogP) is 3.12. The molecule has 17 heavy (non-hydrogen) atoms. The lowest BCUT2D eigenvalue weighted by Gasteiger charge is -2.31. The van der Waals surface area contributed by atoms with E-state index in [0.29, 0.717) is 6.04 Å².